The van der Waals surface area contributed by atoms with Gasteiger partial charge in [-0.05, 0) is 48.1 Å². The van der Waals surface area contributed by atoms with Crippen LogP contribution >= 0.6 is 0 Å². The molecule has 2 aromatic rings. The lowest BCUT2D eigenvalue weighted by Crippen LogP contribution is -2.34. The van der Waals surface area contributed by atoms with Crippen molar-refractivity contribution in [3.05, 3.63) is 70.4 Å². The highest BCUT2D eigenvalue weighted by Crippen LogP contribution is 2.51. The molecule has 27 heavy (non-hydrogen) atoms. The van der Waals surface area contributed by atoms with Crippen molar-refractivity contribution in [2.75, 3.05) is 10.2 Å². The molecule has 0 radical (unpaired) electrons. The highest BCUT2D eigenvalue weighted by atomic mass is 16.2. The van der Waals surface area contributed by atoms with E-state index in [9.17, 15) is 9.59 Å². The molecule has 0 saturated heterocycles. The third-order valence-electron chi connectivity index (χ3n) is 5.85. The standard InChI is InChI=1S/C23H22N2O2/c1-13-8-9-16-18(10-13)25-21(14-6-4-5-7-15(14)22(25)27)20-17(24-16)11-23(2,3)12-19(20)26/h4-10,21,24H,11-12H2,1-3H3/t21-/m0/s1. The third-order valence-corrected chi connectivity index (χ3v) is 5.85. The van der Waals surface area contributed by atoms with E-state index in [4.69, 9.17) is 0 Å². The largest absolute Gasteiger partial charge is 0.357 e. The summed E-state index contributed by atoms with van der Waals surface area (Å²) in [4.78, 5) is 28.4. The minimum absolute atomic E-state index is 0.0318. The number of amides is 1. The summed E-state index contributed by atoms with van der Waals surface area (Å²) in [6, 6.07) is 13.4. The van der Waals surface area contributed by atoms with Crippen LogP contribution in [0.4, 0.5) is 11.4 Å². The maximum Gasteiger partial charge on any atom is 0.259 e. The number of rotatable bonds is 0. The van der Waals surface area contributed by atoms with E-state index in [-0.39, 0.29) is 23.1 Å². The van der Waals surface area contributed by atoms with E-state index in [1.165, 1.54) is 0 Å². The molecule has 0 fully saturated rings. The van der Waals surface area contributed by atoms with E-state index in [1.54, 1.807) is 0 Å². The molecule has 0 spiro atoms. The van der Waals surface area contributed by atoms with E-state index in [0.717, 1.165) is 40.2 Å². The van der Waals surface area contributed by atoms with Gasteiger partial charge in [0.05, 0.1) is 17.4 Å². The molecule has 0 aromatic heterocycles. The van der Waals surface area contributed by atoms with Crippen LogP contribution < -0.4 is 10.2 Å². The second-order valence-electron chi connectivity index (χ2n) is 8.64. The van der Waals surface area contributed by atoms with E-state index < -0.39 is 0 Å². The van der Waals surface area contributed by atoms with Gasteiger partial charge in [0.25, 0.3) is 5.91 Å². The second kappa shape index (κ2) is 5.32. The van der Waals surface area contributed by atoms with Crippen molar-refractivity contribution in [1.29, 1.82) is 0 Å². The Morgan fingerprint density at radius 3 is 2.67 bits per heavy atom. The summed E-state index contributed by atoms with van der Waals surface area (Å²) in [7, 11) is 0. The molecule has 1 atom stereocenters. The predicted molar refractivity (Wildman–Crippen MR) is 106 cm³/mol. The highest BCUT2D eigenvalue weighted by Gasteiger charge is 2.47. The van der Waals surface area contributed by atoms with Crippen LogP contribution in [0, 0.1) is 12.3 Å². The number of benzene rings is 2. The second-order valence-corrected chi connectivity index (χ2v) is 8.64. The number of allylic oxidation sites excluding steroid dienone is 1. The first-order chi connectivity index (χ1) is 12.9. The van der Waals surface area contributed by atoms with E-state index in [0.29, 0.717) is 12.0 Å². The van der Waals surface area contributed by atoms with Crippen LogP contribution in [0.2, 0.25) is 0 Å². The molecule has 2 heterocycles. The zero-order valence-electron chi connectivity index (χ0n) is 15.8. The van der Waals surface area contributed by atoms with Gasteiger partial charge in [0.15, 0.2) is 5.78 Å². The summed E-state index contributed by atoms with van der Waals surface area (Å²) in [6.45, 7) is 6.28. The first kappa shape index (κ1) is 16.3. The van der Waals surface area contributed by atoms with Crippen molar-refractivity contribution < 1.29 is 9.59 Å². The molecule has 0 saturated carbocycles. The number of hydrogen-bond donors (Lipinski definition) is 1. The number of carbonyl (C=O) groups excluding carboxylic acids is 2. The number of aryl methyl sites for hydroxylation is 1. The zero-order valence-corrected chi connectivity index (χ0v) is 15.8. The molecule has 1 N–H and O–H groups in total. The number of hydrogen-bond acceptors (Lipinski definition) is 3. The third kappa shape index (κ3) is 2.29. The van der Waals surface area contributed by atoms with E-state index in [2.05, 4.69) is 19.2 Å². The van der Waals surface area contributed by atoms with Gasteiger partial charge in [-0.25, -0.2) is 0 Å². The van der Waals surface area contributed by atoms with Crippen molar-refractivity contribution in [2.24, 2.45) is 5.41 Å². The van der Waals surface area contributed by atoms with E-state index >= 15 is 0 Å². The Morgan fingerprint density at radius 1 is 1.07 bits per heavy atom. The summed E-state index contributed by atoms with van der Waals surface area (Å²) >= 11 is 0. The minimum atomic E-state index is -0.345. The lowest BCUT2D eigenvalue weighted by molar-refractivity contribution is -0.118. The first-order valence-electron chi connectivity index (χ1n) is 9.42. The monoisotopic (exact) mass is 358 g/mol. The molecule has 0 bridgehead atoms. The number of nitrogens with one attached hydrogen (secondary N) is 1. The van der Waals surface area contributed by atoms with Gasteiger partial charge in [0.1, 0.15) is 0 Å². The molecular weight excluding hydrogens is 336 g/mol. The van der Waals surface area contributed by atoms with Crippen molar-refractivity contribution in [3.8, 4) is 0 Å². The van der Waals surface area contributed by atoms with Gasteiger partial charge in [0.2, 0.25) is 0 Å². The Morgan fingerprint density at radius 2 is 1.85 bits per heavy atom. The molecule has 2 aromatic carbocycles. The van der Waals surface area contributed by atoms with Gasteiger partial charge < -0.3 is 5.32 Å². The minimum Gasteiger partial charge on any atom is -0.357 e. The molecule has 4 heteroatoms. The molecule has 2 aliphatic heterocycles. The topological polar surface area (TPSA) is 49.4 Å². The van der Waals surface area contributed by atoms with Gasteiger partial charge in [0, 0.05) is 23.3 Å². The number of ketones is 1. The molecule has 5 rings (SSSR count). The number of anilines is 2. The molecule has 1 aliphatic carbocycles. The molecular formula is C23H22N2O2. The van der Waals surface area contributed by atoms with Gasteiger partial charge in [-0.1, -0.05) is 38.1 Å². The summed E-state index contributed by atoms with van der Waals surface area (Å²) in [5.74, 6) is 0.105. The molecule has 0 unspecified atom stereocenters. The van der Waals surface area contributed by atoms with Crippen LogP contribution in [0.3, 0.4) is 0 Å². The molecule has 3 aliphatic rings. The molecule has 1 amide bonds. The Labute approximate surface area is 158 Å². The normalized spacial score (nSPS) is 22.5. The summed E-state index contributed by atoms with van der Waals surface area (Å²) in [5, 5.41) is 3.52. The number of nitrogens with zero attached hydrogens (tertiary/aromatic N) is 1. The van der Waals surface area contributed by atoms with Gasteiger partial charge in [-0.2, -0.15) is 0 Å². The maximum atomic E-state index is 13.3. The molecule has 136 valence electrons. The quantitative estimate of drug-likeness (QED) is 0.738. The Kier molecular flexibility index (Phi) is 3.21. The number of carbonyl (C=O) groups is 2. The van der Waals surface area contributed by atoms with Crippen LogP contribution in [0.25, 0.3) is 0 Å². The van der Waals surface area contributed by atoms with Crippen LogP contribution in [0.1, 0.15) is 54.2 Å². The number of fused-ring (bicyclic) bond motifs is 6. The first-order valence-corrected chi connectivity index (χ1v) is 9.42. The average molecular weight is 358 g/mol. The summed E-state index contributed by atoms with van der Waals surface area (Å²) in [6.07, 6.45) is 1.30. The smallest absolute Gasteiger partial charge is 0.259 e. The zero-order chi connectivity index (χ0) is 18.9. The fourth-order valence-electron chi connectivity index (χ4n) is 4.72. The average Bonchev–Trinajstić information content (AvgIpc) is 2.80. The van der Waals surface area contributed by atoms with Crippen molar-refractivity contribution in [1.82, 2.24) is 0 Å². The lowest BCUT2D eigenvalue weighted by Gasteiger charge is -2.34. The number of Topliss-reactive ketones (excluding diaryl/α,β-unsaturated/α-hetero) is 1. The van der Waals surface area contributed by atoms with Crippen LogP contribution in [-0.4, -0.2) is 11.7 Å². The van der Waals surface area contributed by atoms with Gasteiger partial charge in [-0.3, -0.25) is 14.5 Å². The van der Waals surface area contributed by atoms with Crippen LogP contribution in [0.5, 0.6) is 0 Å². The van der Waals surface area contributed by atoms with Gasteiger partial charge >= 0.3 is 0 Å². The SMILES string of the molecule is Cc1ccc2c(c1)N1C(=O)c3ccccc3[C@H]1C1=C(CC(C)(C)CC1=O)N2. The van der Waals surface area contributed by atoms with Crippen LogP contribution in [0.15, 0.2) is 53.7 Å². The van der Waals surface area contributed by atoms with E-state index in [1.807, 2.05) is 54.3 Å². The maximum absolute atomic E-state index is 13.3. The fourth-order valence-corrected chi connectivity index (χ4v) is 4.72. The Balaban J connectivity index is 1.82. The Bertz CT molecular complexity index is 1050. The van der Waals surface area contributed by atoms with Crippen molar-refractivity contribution in [2.45, 2.75) is 39.7 Å². The van der Waals surface area contributed by atoms with Crippen molar-refractivity contribution >= 4 is 23.1 Å². The van der Waals surface area contributed by atoms with Crippen molar-refractivity contribution in [3.63, 3.8) is 0 Å². The predicted octanol–water partition coefficient (Wildman–Crippen LogP) is 4.77. The summed E-state index contributed by atoms with van der Waals surface area (Å²) in [5.41, 5.74) is 6.07. The Hall–Kier alpha value is -2.88. The summed E-state index contributed by atoms with van der Waals surface area (Å²) < 4.78 is 0. The highest BCUT2D eigenvalue weighted by molar-refractivity contribution is 6.16. The molecule has 4 nitrogen and oxygen atoms in total. The fraction of sp³-hybridized carbons (Fsp3) is 0.304. The van der Waals surface area contributed by atoms with Gasteiger partial charge in [-0.15, -0.1) is 0 Å². The lowest BCUT2D eigenvalue weighted by atomic mass is 9.73. The van der Waals surface area contributed by atoms with Crippen LogP contribution in [-0.2, 0) is 4.79 Å².